The number of hydrogen-bond donors (Lipinski definition) is 3. The molecule has 0 saturated carbocycles. The lowest BCUT2D eigenvalue weighted by Gasteiger charge is -2.23. The van der Waals surface area contributed by atoms with Crippen molar-refractivity contribution in [3.63, 3.8) is 0 Å². The molecule has 0 aromatic heterocycles. The van der Waals surface area contributed by atoms with Crippen LogP contribution in [0.1, 0.15) is 50.9 Å². The zero-order chi connectivity index (χ0) is 18.9. The van der Waals surface area contributed by atoms with Crippen molar-refractivity contribution in [3.8, 4) is 0 Å². The molecular weight excluding hydrogens is 446 g/mol. The molecule has 148 valence electrons. The van der Waals surface area contributed by atoms with E-state index < -0.39 is 11.7 Å². The highest BCUT2D eigenvalue weighted by atomic mass is 127. The predicted octanol–water partition coefficient (Wildman–Crippen LogP) is 3.55. The van der Waals surface area contributed by atoms with Gasteiger partial charge in [-0.25, -0.2) is 4.39 Å². The summed E-state index contributed by atoms with van der Waals surface area (Å²) in [6.45, 7) is 9.69. The van der Waals surface area contributed by atoms with E-state index in [1.165, 1.54) is 12.1 Å². The van der Waals surface area contributed by atoms with Gasteiger partial charge in [0.25, 0.3) is 5.91 Å². The molecule has 0 spiro atoms. The molecule has 0 bridgehead atoms. The van der Waals surface area contributed by atoms with Crippen LogP contribution in [0, 0.1) is 11.2 Å². The van der Waals surface area contributed by atoms with Crippen LogP contribution in [0.25, 0.3) is 0 Å². The molecule has 1 amide bonds. The first-order chi connectivity index (χ1) is 11.7. The smallest absolute Gasteiger partial charge is 0.254 e. The molecule has 0 saturated heterocycles. The maximum absolute atomic E-state index is 13.5. The zero-order valence-corrected chi connectivity index (χ0v) is 18.7. The highest BCUT2D eigenvalue weighted by Crippen LogP contribution is 2.21. The molecule has 1 rings (SSSR count). The minimum absolute atomic E-state index is 0. The number of halogens is 2. The van der Waals surface area contributed by atoms with E-state index in [0.29, 0.717) is 30.5 Å². The molecule has 1 aromatic carbocycles. The Balaban J connectivity index is 0.00000625. The second kappa shape index (κ2) is 12.1. The fourth-order valence-electron chi connectivity index (χ4n) is 2.25. The fraction of sp³-hybridized carbons (Fsp3) is 0.579. The SMILES string of the molecule is CN=C(NCCNC(=O)c1ccccc1F)NC(C)CCC(C)(C)C.I. The van der Waals surface area contributed by atoms with Gasteiger partial charge in [-0.2, -0.15) is 0 Å². The first-order valence-electron chi connectivity index (χ1n) is 8.73. The van der Waals surface area contributed by atoms with Gasteiger partial charge < -0.3 is 16.0 Å². The number of nitrogens with zero attached hydrogens (tertiary/aromatic N) is 1. The van der Waals surface area contributed by atoms with Crippen molar-refractivity contribution in [2.24, 2.45) is 10.4 Å². The Morgan fingerprint density at radius 3 is 2.38 bits per heavy atom. The summed E-state index contributed by atoms with van der Waals surface area (Å²) in [6, 6.07) is 6.25. The second-order valence-electron chi connectivity index (χ2n) is 7.38. The van der Waals surface area contributed by atoms with E-state index in [-0.39, 0.29) is 29.5 Å². The number of nitrogens with one attached hydrogen (secondary N) is 3. The zero-order valence-electron chi connectivity index (χ0n) is 16.4. The molecule has 0 radical (unpaired) electrons. The van der Waals surface area contributed by atoms with E-state index in [1.54, 1.807) is 19.2 Å². The predicted molar refractivity (Wildman–Crippen MR) is 117 cm³/mol. The van der Waals surface area contributed by atoms with Gasteiger partial charge in [0.2, 0.25) is 0 Å². The monoisotopic (exact) mass is 478 g/mol. The van der Waals surface area contributed by atoms with E-state index in [4.69, 9.17) is 0 Å². The molecule has 0 fully saturated rings. The summed E-state index contributed by atoms with van der Waals surface area (Å²) in [6.07, 6.45) is 2.17. The van der Waals surface area contributed by atoms with Crippen molar-refractivity contribution < 1.29 is 9.18 Å². The van der Waals surface area contributed by atoms with Crippen molar-refractivity contribution in [1.82, 2.24) is 16.0 Å². The van der Waals surface area contributed by atoms with Gasteiger partial charge in [-0.1, -0.05) is 32.9 Å². The molecule has 0 aliphatic heterocycles. The van der Waals surface area contributed by atoms with Gasteiger partial charge in [0, 0.05) is 26.2 Å². The van der Waals surface area contributed by atoms with Crippen LogP contribution in [-0.2, 0) is 0 Å². The van der Waals surface area contributed by atoms with E-state index in [0.717, 1.165) is 12.8 Å². The third-order valence-electron chi connectivity index (χ3n) is 3.76. The van der Waals surface area contributed by atoms with Crippen molar-refractivity contribution in [3.05, 3.63) is 35.6 Å². The van der Waals surface area contributed by atoms with Crippen LogP contribution in [-0.4, -0.2) is 38.0 Å². The van der Waals surface area contributed by atoms with E-state index >= 15 is 0 Å². The van der Waals surface area contributed by atoms with E-state index in [9.17, 15) is 9.18 Å². The minimum Gasteiger partial charge on any atom is -0.355 e. The molecule has 0 aliphatic rings. The van der Waals surface area contributed by atoms with Crippen LogP contribution >= 0.6 is 24.0 Å². The van der Waals surface area contributed by atoms with Gasteiger partial charge in [0.1, 0.15) is 5.82 Å². The number of aliphatic imine (C=N–C) groups is 1. The van der Waals surface area contributed by atoms with Gasteiger partial charge in [0.15, 0.2) is 5.96 Å². The Bertz CT molecular complexity index is 587. The lowest BCUT2D eigenvalue weighted by Crippen LogP contribution is -2.45. The van der Waals surface area contributed by atoms with Gasteiger partial charge >= 0.3 is 0 Å². The summed E-state index contributed by atoms with van der Waals surface area (Å²) >= 11 is 0. The number of carbonyl (C=O) groups is 1. The van der Waals surface area contributed by atoms with E-state index in [1.807, 2.05) is 0 Å². The largest absolute Gasteiger partial charge is 0.355 e. The first kappa shape index (κ1) is 24.6. The molecule has 1 aromatic rings. The van der Waals surface area contributed by atoms with Crippen molar-refractivity contribution in [2.75, 3.05) is 20.1 Å². The second-order valence-corrected chi connectivity index (χ2v) is 7.38. The molecule has 0 heterocycles. The summed E-state index contributed by atoms with van der Waals surface area (Å²) in [7, 11) is 1.71. The Hall–Kier alpha value is -1.38. The molecule has 3 N–H and O–H groups in total. The Labute approximate surface area is 173 Å². The average molecular weight is 478 g/mol. The minimum atomic E-state index is -0.516. The van der Waals surface area contributed by atoms with Crippen LogP contribution in [0.3, 0.4) is 0 Å². The van der Waals surface area contributed by atoms with Gasteiger partial charge in [-0.3, -0.25) is 9.79 Å². The van der Waals surface area contributed by atoms with Crippen molar-refractivity contribution in [1.29, 1.82) is 0 Å². The molecule has 7 heteroatoms. The highest BCUT2D eigenvalue weighted by molar-refractivity contribution is 14.0. The third-order valence-corrected chi connectivity index (χ3v) is 3.76. The quantitative estimate of drug-likeness (QED) is 0.243. The summed E-state index contributed by atoms with van der Waals surface area (Å²) in [5.41, 5.74) is 0.366. The number of benzene rings is 1. The number of rotatable bonds is 7. The van der Waals surface area contributed by atoms with Crippen LogP contribution in [0.2, 0.25) is 0 Å². The molecule has 5 nitrogen and oxygen atoms in total. The Morgan fingerprint density at radius 1 is 1.19 bits per heavy atom. The molecule has 1 atom stereocenters. The number of carbonyl (C=O) groups excluding carboxylic acids is 1. The highest BCUT2D eigenvalue weighted by Gasteiger charge is 2.13. The average Bonchev–Trinajstić information content (AvgIpc) is 2.55. The Kier molecular flexibility index (Phi) is 11.4. The third kappa shape index (κ3) is 9.94. The number of amides is 1. The fourth-order valence-corrected chi connectivity index (χ4v) is 2.25. The lowest BCUT2D eigenvalue weighted by molar-refractivity contribution is 0.0950. The topological polar surface area (TPSA) is 65.5 Å². The van der Waals surface area contributed by atoms with Crippen molar-refractivity contribution in [2.45, 2.75) is 46.6 Å². The summed E-state index contributed by atoms with van der Waals surface area (Å²) in [5.74, 6) is -0.235. The van der Waals surface area contributed by atoms with Gasteiger partial charge in [-0.05, 0) is 37.3 Å². The first-order valence-corrected chi connectivity index (χ1v) is 8.73. The van der Waals surface area contributed by atoms with Gasteiger partial charge in [0.05, 0.1) is 5.56 Å². The van der Waals surface area contributed by atoms with Crippen LogP contribution in [0.4, 0.5) is 4.39 Å². The molecular formula is C19H32FIN4O. The standard InChI is InChI=1S/C19H31FN4O.HI/c1-14(10-11-19(2,3)4)24-18(21-5)23-13-12-22-17(25)15-8-6-7-9-16(15)20;/h6-9,14H,10-13H2,1-5H3,(H,22,25)(H2,21,23,24);1H. The molecule has 1 unspecified atom stereocenters. The van der Waals surface area contributed by atoms with E-state index in [2.05, 4.69) is 48.6 Å². The number of hydrogen-bond acceptors (Lipinski definition) is 2. The van der Waals surface area contributed by atoms with Crippen LogP contribution in [0.15, 0.2) is 29.3 Å². The normalized spacial score (nSPS) is 12.8. The maximum atomic E-state index is 13.5. The molecule has 0 aliphatic carbocycles. The summed E-state index contributed by atoms with van der Waals surface area (Å²) < 4.78 is 13.5. The Morgan fingerprint density at radius 2 is 1.81 bits per heavy atom. The summed E-state index contributed by atoms with van der Waals surface area (Å²) in [4.78, 5) is 16.1. The van der Waals surface area contributed by atoms with Gasteiger partial charge in [-0.15, -0.1) is 24.0 Å². The molecule has 26 heavy (non-hydrogen) atoms. The summed E-state index contributed by atoms with van der Waals surface area (Å²) in [5, 5.41) is 9.18. The maximum Gasteiger partial charge on any atom is 0.254 e. The lowest BCUT2D eigenvalue weighted by atomic mass is 9.89. The van der Waals surface area contributed by atoms with Crippen molar-refractivity contribution >= 4 is 35.8 Å². The number of guanidine groups is 1. The van der Waals surface area contributed by atoms with Crippen LogP contribution < -0.4 is 16.0 Å². The van der Waals surface area contributed by atoms with Crippen LogP contribution in [0.5, 0.6) is 0 Å².